The predicted octanol–water partition coefficient (Wildman–Crippen LogP) is 1.96. The van der Waals surface area contributed by atoms with Crippen molar-refractivity contribution in [1.82, 2.24) is 0 Å². The molecule has 5 heteroatoms. The van der Waals surface area contributed by atoms with Crippen molar-refractivity contribution in [3.05, 3.63) is 40.0 Å². The van der Waals surface area contributed by atoms with Crippen molar-refractivity contribution < 1.29 is 14.5 Å². The fourth-order valence-electron chi connectivity index (χ4n) is 2.32. The van der Waals surface area contributed by atoms with E-state index in [0.29, 0.717) is 24.3 Å². The van der Waals surface area contributed by atoms with Crippen LogP contribution in [0.25, 0.3) is 5.57 Å². The molecule has 2 aliphatic rings. The van der Waals surface area contributed by atoms with E-state index < -0.39 is 4.92 Å². The second kappa shape index (κ2) is 3.41. The number of allylic oxidation sites excluding steroid dienone is 1. The highest BCUT2D eigenvalue weighted by atomic mass is 16.6. The van der Waals surface area contributed by atoms with Crippen LogP contribution in [0.1, 0.15) is 12.0 Å². The van der Waals surface area contributed by atoms with E-state index in [1.54, 1.807) is 12.1 Å². The Morgan fingerprint density at radius 1 is 1.41 bits per heavy atom. The van der Waals surface area contributed by atoms with Crippen molar-refractivity contribution in [2.24, 2.45) is 5.92 Å². The van der Waals surface area contributed by atoms with Gasteiger partial charge in [0.05, 0.1) is 11.5 Å². The van der Waals surface area contributed by atoms with E-state index in [1.165, 1.54) is 12.1 Å². The number of carbonyl (C=O) groups is 1. The maximum Gasteiger partial charge on any atom is 0.270 e. The topological polar surface area (TPSA) is 69.4 Å². The lowest BCUT2D eigenvalue weighted by Gasteiger charge is -2.23. The summed E-state index contributed by atoms with van der Waals surface area (Å²) in [6.45, 7) is 0.475. The first-order valence-electron chi connectivity index (χ1n) is 5.31. The highest BCUT2D eigenvalue weighted by molar-refractivity contribution is 6.03. The summed E-state index contributed by atoms with van der Waals surface area (Å²) in [7, 11) is 0. The predicted molar refractivity (Wildman–Crippen MR) is 59.7 cm³/mol. The fourth-order valence-corrected chi connectivity index (χ4v) is 2.32. The molecular formula is C12H9NO4. The molecule has 5 nitrogen and oxygen atoms in total. The Labute approximate surface area is 96.8 Å². The second-order valence-corrected chi connectivity index (χ2v) is 4.22. The minimum absolute atomic E-state index is 0.0215. The number of nitrogens with zero attached hydrogens (tertiary/aromatic N) is 1. The van der Waals surface area contributed by atoms with Gasteiger partial charge in [0.15, 0.2) is 5.78 Å². The Bertz CT molecular complexity index is 562. The summed E-state index contributed by atoms with van der Waals surface area (Å²) in [6, 6.07) is 4.48. The number of nitro groups is 1. The average Bonchev–Trinajstić information content (AvgIpc) is 2.69. The van der Waals surface area contributed by atoms with Gasteiger partial charge in [-0.05, 0) is 17.7 Å². The SMILES string of the molecule is O=C1C=C2c3cc([N+](=O)[O-])ccc3OCC2C1. The highest BCUT2D eigenvalue weighted by Crippen LogP contribution is 2.42. The zero-order chi connectivity index (χ0) is 12.0. The molecule has 1 aliphatic heterocycles. The third kappa shape index (κ3) is 1.51. The highest BCUT2D eigenvalue weighted by Gasteiger charge is 2.32. The van der Waals surface area contributed by atoms with Gasteiger partial charge in [0.1, 0.15) is 5.75 Å². The van der Waals surface area contributed by atoms with Crippen molar-refractivity contribution in [2.45, 2.75) is 6.42 Å². The van der Waals surface area contributed by atoms with Gasteiger partial charge in [-0.2, -0.15) is 0 Å². The van der Waals surface area contributed by atoms with Crippen LogP contribution in [0.3, 0.4) is 0 Å². The zero-order valence-corrected chi connectivity index (χ0v) is 8.88. The molecule has 0 saturated heterocycles. The van der Waals surface area contributed by atoms with Gasteiger partial charge in [-0.3, -0.25) is 14.9 Å². The lowest BCUT2D eigenvalue weighted by Crippen LogP contribution is -2.17. The van der Waals surface area contributed by atoms with Crippen LogP contribution in [0.5, 0.6) is 5.75 Å². The summed E-state index contributed by atoms with van der Waals surface area (Å²) in [5, 5.41) is 10.7. The number of hydrogen-bond donors (Lipinski definition) is 0. The first-order chi connectivity index (χ1) is 8.15. The normalized spacial score (nSPS) is 21.3. The van der Waals surface area contributed by atoms with Crippen LogP contribution < -0.4 is 4.74 Å². The molecule has 0 fully saturated rings. The monoisotopic (exact) mass is 231 g/mol. The zero-order valence-electron chi connectivity index (χ0n) is 8.88. The van der Waals surface area contributed by atoms with Crippen LogP contribution >= 0.6 is 0 Å². The Morgan fingerprint density at radius 3 is 3.00 bits per heavy atom. The van der Waals surface area contributed by atoms with Gasteiger partial charge in [0, 0.05) is 30.0 Å². The number of fused-ring (bicyclic) bond motifs is 3. The van der Waals surface area contributed by atoms with Crippen molar-refractivity contribution >= 4 is 17.0 Å². The maximum absolute atomic E-state index is 11.4. The quantitative estimate of drug-likeness (QED) is 0.547. The molecule has 0 spiro atoms. The van der Waals surface area contributed by atoms with E-state index in [0.717, 1.165) is 5.57 Å². The number of non-ortho nitro benzene ring substituents is 1. The largest absolute Gasteiger partial charge is 0.492 e. The van der Waals surface area contributed by atoms with E-state index >= 15 is 0 Å². The van der Waals surface area contributed by atoms with Crippen LogP contribution in [0.4, 0.5) is 5.69 Å². The molecule has 1 aliphatic carbocycles. The molecule has 0 bridgehead atoms. The molecule has 17 heavy (non-hydrogen) atoms. The molecule has 0 amide bonds. The number of nitro benzene ring substituents is 1. The second-order valence-electron chi connectivity index (χ2n) is 4.22. The fraction of sp³-hybridized carbons (Fsp3) is 0.250. The first-order valence-corrected chi connectivity index (χ1v) is 5.31. The lowest BCUT2D eigenvalue weighted by atomic mass is 9.92. The summed E-state index contributed by atoms with van der Waals surface area (Å²) in [5.41, 5.74) is 1.58. The van der Waals surface area contributed by atoms with E-state index in [2.05, 4.69) is 0 Å². The van der Waals surface area contributed by atoms with Crippen LogP contribution in [-0.4, -0.2) is 17.3 Å². The van der Waals surface area contributed by atoms with Gasteiger partial charge in [-0.25, -0.2) is 0 Å². The number of rotatable bonds is 1. The van der Waals surface area contributed by atoms with Gasteiger partial charge < -0.3 is 4.74 Å². The third-order valence-corrected chi connectivity index (χ3v) is 3.13. The van der Waals surface area contributed by atoms with E-state index in [1.807, 2.05) is 0 Å². The molecular weight excluding hydrogens is 222 g/mol. The van der Waals surface area contributed by atoms with Gasteiger partial charge in [0.25, 0.3) is 5.69 Å². The molecule has 1 unspecified atom stereocenters. The Balaban J connectivity index is 2.14. The van der Waals surface area contributed by atoms with Gasteiger partial charge in [-0.1, -0.05) is 0 Å². The number of carbonyl (C=O) groups excluding carboxylic acids is 1. The van der Waals surface area contributed by atoms with E-state index in [-0.39, 0.29) is 17.4 Å². The molecule has 0 aromatic heterocycles. The molecule has 1 heterocycles. The number of ether oxygens (including phenoxy) is 1. The Hall–Kier alpha value is -2.17. The lowest BCUT2D eigenvalue weighted by molar-refractivity contribution is -0.384. The third-order valence-electron chi connectivity index (χ3n) is 3.13. The molecule has 3 rings (SSSR count). The van der Waals surface area contributed by atoms with E-state index in [4.69, 9.17) is 4.74 Å². The van der Waals surface area contributed by atoms with Crippen LogP contribution in [0, 0.1) is 16.0 Å². The van der Waals surface area contributed by atoms with Crippen molar-refractivity contribution in [3.8, 4) is 5.75 Å². The molecule has 0 radical (unpaired) electrons. The summed E-state index contributed by atoms with van der Waals surface area (Å²) in [6.07, 6.45) is 2.02. The summed E-state index contributed by atoms with van der Waals surface area (Å²) < 4.78 is 5.50. The summed E-state index contributed by atoms with van der Waals surface area (Å²) in [4.78, 5) is 21.7. The maximum atomic E-state index is 11.4. The van der Waals surface area contributed by atoms with Gasteiger partial charge in [0.2, 0.25) is 0 Å². The van der Waals surface area contributed by atoms with Crippen LogP contribution in [-0.2, 0) is 4.79 Å². The standard InChI is InChI=1S/C12H9NO4/c14-9-3-7-6-17-12-2-1-8(13(15)16)4-11(12)10(7)5-9/h1-2,4-5,7H,3,6H2. The number of benzene rings is 1. The number of hydrogen-bond acceptors (Lipinski definition) is 4. The minimum atomic E-state index is -0.443. The molecule has 1 atom stereocenters. The molecule has 1 aromatic carbocycles. The summed E-state index contributed by atoms with van der Waals surface area (Å²) >= 11 is 0. The van der Waals surface area contributed by atoms with E-state index in [9.17, 15) is 14.9 Å². The molecule has 0 N–H and O–H groups in total. The molecule has 1 aromatic rings. The van der Waals surface area contributed by atoms with Gasteiger partial charge >= 0.3 is 0 Å². The number of ketones is 1. The van der Waals surface area contributed by atoms with Crippen molar-refractivity contribution in [2.75, 3.05) is 6.61 Å². The summed E-state index contributed by atoms with van der Waals surface area (Å²) in [5.74, 6) is 0.734. The Morgan fingerprint density at radius 2 is 2.24 bits per heavy atom. The van der Waals surface area contributed by atoms with Gasteiger partial charge in [-0.15, -0.1) is 0 Å². The average molecular weight is 231 g/mol. The van der Waals surface area contributed by atoms with Crippen LogP contribution in [0.15, 0.2) is 24.3 Å². The van der Waals surface area contributed by atoms with Crippen molar-refractivity contribution in [3.63, 3.8) is 0 Å². The molecule has 86 valence electrons. The first kappa shape index (κ1) is 10.0. The molecule has 0 saturated carbocycles. The Kier molecular flexibility index (Phi) is 2.01. The van der Waals surface area contributed by atoms with Crippen LogP contribution in [0.2, 0.25) is 0 Å². The smallest absolute Gasteiger partial charge is 0.270 e. The minimum Gasteiger partial charge on any atom is -0.492 e. The van der Waals surface area contributed by atoms with Crippen molar-refractivity contribution in [1.29, 1.82) is 0 Å².